The molecular formula is C14H16N2O4. The molecule has 3 N–H and O–H groups in total. The lowest BCUT2D eigenvalue weighted by Crippen LogP contribution is -2.11. The number of amides is 1. The highest BCUT2D eigenvalue weighted by Gasteiger charge is 2.12. The summed E-state index contributed by atoms with van der Waals surface area (Å²) < 4.78 is 15.6. The van der Waals surface area contributed by atoms with Crippen LogP contribution in [0.1, 0.15) is 16.3 Å². The number of carbonyl (C=O) groups excluding carboxylic acids is 1. The second-order valence-electron chi connectivity index (χ2n) is 4.03. The van der Waals surface area contributed by atoms with E-state index in [0.717, 1.165) is 0 Å². The Hall–Kier alpha value is -2.47. The fraction of sp³-hybridized carbons (Fsp3) is 0.214. The monoisotopic (exact) mass is 276 g/mol. The zero-order valence-electron chi connectivity index (χ0n) is 11.3. The smallest absolute Gasteiger partial charge is 0.291 e. The Balaban J connectivity index is 2.18. The molecule has 20 heavy (non-hydrogen) atoms. The number of hydrogen-bond donors (Lipinski definition) is 2. The minimum absolute atomic E-state index is 0.201. The Morgan fingerprint density at radius 1 is 1.20 bits per heavy atom. The van der Waals surface area contributed by atoms with Gasteiger partial charge in [0.15, 0.2) is 5.76 Å². The minimum atomic E-state index is -0.361. The van der Waals surface area contributed by atoms with Crippen LogP contribution in [0.4, 0.5) is 5.69 Å². The molecule has 0 aliphatic heterocycles. The van der Waals surface area contributed by atoms with Crippen LogP contribution < -0.4 is 20.5 Å². The number of anilines is 1. The van der Waals surface area contributed by atoms with Crippen molar-refractivity contribution in [1.82, 2.24) is 0 Å². The molecule has 0 aliphatic rings. The normalized spacial score (nSPS) is 10.2. The summed E-state index contributed by atoms with van der Waals surface area (Å²) in [7, 11) is 3.08. The van der Waals surface area contributed by atoms with Gasteiger partial charge in [0, 0.05) is 23.9 Å². The molecule has 0 unspecified atom stereocenters. The molecule has 0 atom stereocenters. The van der Waals surface area contributed by atoms with Crippen LogP contribution in [0.3, 0.4) is 0 Å². The van der Waals surface area contributed by atoms with Gasteiger partial charge in [-0.05, 0) is 12.1 Å². The van der Waals surface area contributed by atoms with Gasteiger partial charge < -0.3 is 24.9 Å². The second-order valence-corrected chi connectivity index (χ2v) is 4.03. The zero-order chi connectivity index (χ0) is 14.5. The first-order valence-corrected chi connectivity index (χ1v) is 5.99. The van der Waals surface area contributed by atoms with Crippen molar-refractivity contribution in [2.45, 2.75) is 6.54 Å². The molecule has 6 heteroatoms. The number of rotatable bonds is 5. The van der Waals surface area contributed by atoms with Crippen molar-refractivity contribution in [1.29, 1.82) is 0 Å². The van der Waals surface area contributed by atoms with E-state index >= 15 is 0 Å². The van der Waals surface area contributed by atoms with Gasteiger partial charge in [-0.1, -0.05) is 0 Å². The van der Waals surface area contributed by atoms with Crippen LogP contribution in [0.25, 0.3) is 0 Å². The average molecular weight is 276 g/mol. The Bertz CT molecular complexity index is 585. The molecule has 1 aromatic heterocycles. The maximum atomic E-state index is 12.0. The molecule has 1 amide bonds. The van der Waals surface area contributed by atoms with E-state index in [1.54, 1.807) is 44.6 Å². The van der Waals surface area contributed by atoms with Gasteiger partial charge in [-0.25, -0.2) is 0 Å². The highest BCUT2D eigenvalue weighted by Crippen LogP contribution is 2.26. The maximum absolute atomic E-state index is 12.0. The van der Waals surface area contributed by atoms with Crippen molar-refractivity contribution in [3.05, 3.63) is 41.9 Å². The maximum Gasteiger partial charge on any atom is 0.291 e. The Labute approximate surface area is 116 Å². The molecule has 2 rings (SSSR count). The lowest BCUT2D eigenvalue weighted by molar-refractivity contribution is 0.0995. The zero-order valence-corrected chi connectivity index (χ0v) is 11.3. The molecule has 2 aromatic rings. The number of nitrogens with one attached hydrogen (secondary N) is 1. The molecule has 1 heterocycles. The van der Waals surface area contributed by atoms with Crippen LogP contribution in [0.5, 0.6) is 11.5 Å². The predicted octanol–water partition coefficient (Wildman–Crippen LogP) is 2.01. The van der Waals surface area contributed by atoms with Gasteiger partial charge >= 0.3 is 0 Å². The molecular weight excluding hydrogens is 260 g/mol. The van der Waals surface area contributed by atoms with Crippen LogP contribution >= 0.6 is 0 Å². The molecule has 1 aromatic carbocycles. The molecule has 0 saturated carbocycles. The lowest BCUT2D eigenvalue weighted by Gasteiger charge is -2.09. The first kappa shape index (κ1) is 14.0. The van der Waals surface area contributed by atoms with Crippen LogP contribution in [0, 0.1) is 0 Å². The van der Waals surface area contributed by atoms with E-state index in [9.17, 15) is 4.79 Å². The van der Waals surface area contributed by atoms with E-state index in [1.807, 2.05) is 0 Å². The molecule has 106 valence electrons. The van der Waals surface area contributed by atoms with Gasteiger partial charge in [-0.15, -0.1) is 0 Å². The van der Waals surface area contributed by atoms with Gasteiger partial charge in [0.05, 0.1) is 20.8 Å². The molecule has 0 aliphatic carbocycles. The fourth-order valence-electron chi connectivity index (χ4n) is 1.68. The molecule has 0 bridgehead atoms. The Morgan fingerprint density at radius 3 is 2.35 bits per heavy atom. The quantitative estimate of drug-likeness (QED) is 0.872. The molecule has 0 saturated heterocycles. The van der Waals surface area contributed by atoms with Crippen molar-refractivity contribution >= 4 is 11.6 Å². The third kappa shape index (κ3) is 3.10. The number of benzene rings is 1. The van der Waals surface area contributed by atoms with Gasteiger partial charge in [0.1, 0.15) is 17.3 Å². The number of methoxy groups -OCH3 is 2. The number of nitrogens with two attached hydrogens (primary N) is 1. The Kier molecular flexibility index (Phi) is 4.27. The molecule has 0 spiro atoms. The molecule has 0 fully saturated rings. The summed E-state index contributed by atoms with van der Waals surface area (Å²) >= 11 is 0. The van der Waals surface area contributed by atoms with Crippen LogP contribution in [-0.4, -0.2) is 20.1 Å². The van der Waals surface area contributed by atoms with Crippen molar-refractivity contribution < 1.29 is 18.7 Å². The van der Waals surface area contributed by atoms with E-state index in [1.165, 1.54) is 0 Å². The van der Waals surface area contributed by atoms with E-state index in [2.05, 4.69) is 5.32 Å². The highest BCUT2D eigenvalue weighted by molar-refractivity contribution is 6.02. The standard InChI is InChI=1S/C14H16N2O4/c1-18-11-5-9(6-12(7-11)19-2)16-14(17)13-4-3-10(8-15)20-13/h3-7H,8,15H2,1-2H3,(H,16,17). The van der Waals surface area contributed by atoms with Crippen molar-refractivity contribution in [2.24, 2.45) is 5.73 Å². The SMILES string of the molecule is COc1cc(NC(=O)c2ccc(CN)o2)cc(OC)c1. The summed E-state index contributed by atoms with van der Waals surface area (Å²) in [6, 6.07) is 8.34. The minimum Gasteiger partial charge on any atom is -0.497 e. The summed E-state index contributed by atoms with van der Waals surface area (Å²) in [6.07, 6.45) is 0. The number of ether oxygens (including phenoxy) is 2. The lowest BCUT2D eigenvalue weighted by atomic mass is 10.2. The van der Waals surface area contributed by atoms with E-state index in [4.69, 9.17) is 19.6 Å². The van der Waals surface area contributed by atoms with Crippen molar-refractivity contribution in [3.63, 3.8) is 0 Å². The summed E-state index contributed by atoms with van der Waals surface area (Å²) in [6.45, 7) is 0.250. The van der Waals surface area contributed by atoms with Crippen LogP contribution in [0.2, 0.25) is 0 Å². The van der Waals surface area contributed by atoms with Gasteiger partial charge in [0.25, 0.3) is 5.91 Å². The van der Waals surface area contributed by atoms with Gasteiger partial charge in [-0.2, -0.15) is 0 Å². The number of hydrogen-bond acceptors (Lipinski definition) is 5. The summed E-state index contributed by atoms with van der Waals surface area (Å²) in [5, 5.41) is 2.71. The second kappa shape index (κ2) is 6.12. The van der Waals surface area contributed by atoms with Gasteiger partial charge in [-0.3, -0.25) is 4.79 Å². The van der Waals surface area contributed by atoms with Crippen LogP contribution in [-0.2, 0) is 6.54 Å². The highest BCUT2D eigenvalue weighted by atomic mass is 16.5. The van der Waals surface area contributed by atoms with Gasteiger partial charge in [0.2, 0.25) is 0 Å². The molecule has 0 radical (unpaired) electrons. The summed E-state index contributed by atoms with van der Waals surface area (Å²) in [5.41, 5.74) is 5.99. The van der Waals surface area contributed by atoms with E-state index < -0.39 is 0 Å². The van der Waals surface area contributed by atoms with Crippen LogP contribution in [0.15, 0.2) is 34.7 Å². The van der Waals surface area contributed by atoms with Crippen molar-refractivity contribution in [2.75, 3.05) is 19.5 Å². The Morgan fingerprint density at radius 2 is 1.85 bits per heavy atom. The van der Waals surface area contributed by atoms with E-state index in [0.29, 0.717) is 22.9 Å². The third-order valence-corrected chi connectivity index (χ3v) is 2.70. The number of furan rings is 1. The first-order valence-electron chi connectivity index (χ1n) is 5.99. The largest absolute Gasteiger partial charge is 0.497 e. The van der Waals surface area contributed by atoms with E-state index in [-0.39, 0.29) is 18.2 Å². The summed E-state index contributed by atoms with van der Waals surface area (Å²) in [5.74, 6) is 1.56. The predicted molar refractivity (Wildman–Crippen MR) is 74.1 cm³/mol. The third-order valence-electron chi connectivity index (χ3n) is 2.70. The number of carbonyl (C=O) groups is 1. The summed E-state index contributed by atoms with van der Waals surface area (Å²) in [4.78, 5) is 12.0. The average Bonchev–Trinajstić information content (AvgIpc) is 2.95. The first-order chi connectivity index (χ1) is 9.66. The topological polar surface area (TPSA) is 86.7 Å². The fourth-order valence-corrected chi connectivity index (χ4v) is 1.68. The molecule has 6 nitrogen and oxygen atoms in total. The van der Waals surface area contributed by atoms with Crippen molar-refractivity contribution in [3.8, 4) is 11.5 Å².